The van der Waals surface area contributed by atoms with Gasteiger partial charge in [-0.25, -0.2) is 0 Å². The molecule has 7 heteroatoms. The molecule has 3 rings (SSSR count). The Morgan fingerprint density at radius 3 is 2.54 bits per heavy atom. The van der Waals surface area contributed by atoms with Crippen LogP contribution in [0.2, 0.25) is 0 Å². The molecular formula is C21H32N6O. The summed E-state index contributed by atoms with van der Waals surface area (Å²) in [5.74, 6) is 2.30. The number of hydrogen-bond acceptors (Lipinski definition) is 5. The molecule has 0 amide bonds. The second kappa shape index (κ2) is 10.2. The van der Waals surface area contributed by atoms with Crippen LogP contribution >= 0.6 is 0 Å². The second-order valence-electron chi connectivity index (χ2n) is 7.08. The third-order valence-electron chi connectivity index (χ3n) is 5.12. The highest BCUT2D eigenvalue weighted by molar-refractivity contribution is 5.80. The van der Waals surface area contributed by atoms with E-state index >= 15 is 0 Å². The summed E-state index contributed by atoms with van der Waals surface area (Å²) in [6.07, 6.45) is 1.80. The first kappa shape index (κ1) is 20.3. The highest BCUT2D eigenvalue weighted by Crippen LogP contribution is 2.25. The van der Waals surface area contributed by atoms with Gasteiger partial charge in [-0.2, -0.15) is 4.98 Å². The molecule has 1 unspecified atom stereocenters. The van der Waals surface area contributed by atoms with Crippen molar-refractivity contribution < 1.29 is 4.52 Å². The Hall–Kier alpha value is -2.41. The minimum absolute atomic E-state index is 0.489. The zero-order valence-corrected chi connectivity index (χ0v) is 17.3. The van der Waals surface area contributed by atoms with Crippen LogP contribution in [0.15, 0.2) is 39.8 Å². The lowest BCUT2D eigenvalue weighted by atomic mass is 10.0. The molecule has 7 nitrogen and oxygen atoms in total. The highest BCUT2D eigenvalue weighted by Gasteiger charge is 2.25. The Balaban J connectivity index is 1.56. The largest absolute Gasteiger partial charge is 0.357 e. The Labute approximate surface area is 167 Å². The van der Waals surface area contributed by atoms with Gasteiger partial charge in [-0.15, -0.1) is 0 Å². The third kappa shape index (κ3) is 5.32. The Morgan fingerprint density at radius 1 is 1.18 bits per heavy atom. The number of rotatable bonds is 7. The molecule has 1 N–H and O–H groups in total. The molecule has 1 atom stereocenters. The fraction of sp³-hybridized carbons (Fsp3) is 0.571. The summed E-state index contributed by atoms with van der Waals surface area (Å²) >= 11 is 0. The number of aromatic nitrogens is 2. The van der Waals surface area contributed by atoms with Crippen LogP contribution in [-0.2, 0) is 6.42 Å². The smallest absolute Gasteiger partial charge is 0.228 e. The molecule has 1 aromatic carbocycles. The van der Waals surface area contributed by atoms with Gasteiger partial charge in [0.1, 0.15) is 0 Å². The van der Waals surface area contributed by atoms with Crippen molar-refractivity contribution in [2.24, 2.45) is 4.99 Å². The number of nitrogens with one attached hydrogen (secondary N) is 1. The van der Waals surface area contributed by atoms with E-state index in [9.17, 15) is 0 Å². The molecule has 2 heterocycles. The van der Waals surface area contributed by atoms with Crippen molar-refractivity contribution in [3.05, 3.63) is 47.6 Å². The first-order valence-electron chi connectivity index (χ1n) is 10.3. The maximum absolute atomic E-state index is 5.18. The van der Waals surface area contributed by atoms with E-state index in [1.165, 1.54) is 5.56 Å². The van der Waals surface area contributed by atoms with E-state index in [1.54, 1.807) is 0 Å². The molecule has 1 saturated heterocycles. The van der Waals surface area contributed by atoms with Gasteiger partial charge in [-0.05, 0) is 25.8 Å². The third-order valence-corrected chi connectivity index (χ3v) is 5.12. The van der Waals surface area contributed by atoms with Gasteiger partial charge in [-0.1, -0.05) is 42.4 Å². The zero-order valence-electron chi connectivity index (χ0n) is 17.3. The zero-order chi connectivity index (χ0) is 19.8. The van der Waals surface area contributed by atoms with E-state index in [0.717, 1.165) is 45.1 Å². The van der Waals surface area contributed by atoms with Crippen molar-refractivity contribution in [3.63, 3.8) is 0 Å². The monoisotopic (exact) mass is 384 g/mol. The van der Waals surface area contributed by atoms with Crippen LogP contribution in [0.4, 0.5) is 0 Å². The molecule has 28 heavy (non-hydrogen) atoms. The predicted octanol–water partition coefficient (Wildman–Crippen LogP) is 2.65. The molecule has 1 aliphatic rings. The van der Waals surface area contributed by atoms with Crippen LogP contribution in [0.3, 0.4) is 0 Å². The molecular weight excluding hydrogens is 352 g/mol. The number of benzene rings is 1. The molecule has 1 aromatic heterocycles. The van der Waals surface area contributed by atoms with Crippen molar-refractivity contribution in [2.75, 3.05) is 39.3 Å². The Bertz CT molecular complexity index is 736. The van der Waals surface area contributed by atoms with E-state index in [1.807, 2.05) is 6.92 Å². The van der Waals surface area contributed by atoms with Crippen LogP contribution in [0.1, 0.15) is 43.6 Å². The summed E-state index contributed by atoms with van der Waals surface area (Å²) in [5.41, 5.74) is 1.41. The van der Waals surface area contributed by atoms with Crippen LogP contribution < -0.4 is 5.32 Å². The highest BCUT2D eigenvalue weighted by atomic mass is 16.5. The van der Waals surface area contributed by atoms with Gasteiger partial charge in [0.2, 0.25) is 5.89 Å². The second-order valence-corrected chi connectivity index (χ2v) is 7.08. The molecule has 152 valence electrons. The number of guanidine groups is 1. The summed E-state index contributed by atoms with van der Waals surface area (Å²) < 4.78 is 5.18. The van der Waals surface area contributed by atoms with E-state index in [4.69, 9.17) is 9.52 Å². The van der Waals surface area contributed by atoms with Crippen molar-refractivity contribution in [3.8, 4) is 0 Å². The molecule has 0 radical (unpaired) electrons. The number of hydrogen-bond donors (Lipinski definition) is 1. The van der Waals surface area contributed by atoms with Gasteiger partial charge in [0.15, 0.2) is 11.8 Å². The lowest BCUT2D eigenvalue weighted by molar-refractivity contribution is 0.127. The fourth-order valence-corrected chi connectivity index (χ4v) is 3.75. The van der Waals surface area contributed by atoms with Crippen molar-refractivity contribution >= 4 is 5.96 Å². The maximum Gasteiger partial charge on any atom is 0.228 e. The van der Waals surface area contributed by atoms with Crippen molar-refractivity contribution in [1.82, 2.24) is 25.3 Å². The Morgan fingerprint density at radius 2 is 1.93 bits per heavy atom. The number of nitrogens with zero attached hydrogens (tertiary/aromatic N) is 5. The van der Waals surface area contributed by atoms with Gasteiger partial charge in [0.05, 0.1) is 6.54 Å². The van der Waals surface area contributed by atoms with Gasteiger partial charge in [0, 0.05) is 45.2 Å². The summed E-state index contributed by atoms with van der Waals surface area (Å²) in [6.45, 7) is 11.8. The average Bonchev–Trinajstić information content (AvgIpc) is 3.14. The van der Waals surface area contributed by atoms with Crippen LogP contribution in [0.5, 0.6) is 0 Å². The summed E-state index contributed by atoms with van der Waals surface area (Å²) in [5, 5.41) is 7.26. The quantitative estimate of drug-likeness (QED) is 0.585. The van der Waals surface area contributed by atoms with Gasteiger partial charge in [0.25, 0.3) is 0 Å². The fourth-order valence-electron chi connectivity index (χ4n) is 3.75. The van der Waals surface area contributed by atoms with Gasteiger partial charge >= 0.3 is 0 Å². The summed E-state index contributed by atoms with van der Waals surface area (Å²) in [6, 6.07) is 11.3. The van der Waals surface area contributed by atoms with E-state index in [0.29, 0.717) is 30.7 Å². The lowest BCUT2D eigenvalue weighted by Crippen LogP contribution is -2.53. The van der Waals surface area contributed by atoms with Gasteiger partial charge in [-0.3, -0.25) is 9.89 Å². The number of aryl methyl sites for hydroxylation is 1. The molecule has 0 spiro atoms. The Kier molecular flexibility index (Phi) is 7.42. The first-order chi connectivity index (χ1) is 13.7. The topological polar surface area (TPSA) is 69.8 Å². The normalized spacial score (nSPS) is 17.0. The summed E-state index contributed by atoms with van der Waals surface area (Å²) in [4.78, 5) is 14.0. The molecule has 1 fully saturated rings. The standard InChI is InChI=1S/C21H32N6O/c1-4-19(18-9-7-6-8-10-18)26-13-15-27(16-14-26)21(22-5-2)23-12-11-20-24-17(3)25-28-20/h6-10,19H,4-5,11-16H2,1-3H3,(H,22,23). The lowest BCUT2D eigenvalue weighted by Gasteiger charge is -2.40. The predicted molar refractivity (Wildman–Crippen MR) is 111 cm³/mol. The minimum atomic E-state index is 0.489. The van der Waals surface area contributed by atoms with Crippen LogP contribution in [0.25, 0.3) is 0 Å². The SMILES string of the molecule is CCNC(=NCCc1nc(C)no1)N1CCN(C(CC)c2ccccc2)CC1. The van der Waals surface area contributed by atoms with Crippen LogP contribution in [-0.4, -0.2) is 65.2 Å². The first-order valence-corrected chi connectivity index (χ1v) is 10.3. The maximum atomic E-state index is 5.18. The molecule has 0 bridgehead atoms. The van der Waals surface area contributed by atoms with Crippen LogP contribution in [0, 0.1) is 6.92 Å². The van der Waals surface area contributed by atoms with Gasteiger partial charge < -0.3 is 14.7 Å². The molecule has 0 aliphatic carbocycles. The molecule has 2 aromatic rings. The van der Waals surface area contributed by atoms with E-state index in [-0.39, 0.29) is 0 Å². The van der Waals surface area contributed by atoms with E-state index in [2.05, 4.69) is 69.4 Å². The minimum Gasteiger partial charge on any atom is -0.357 e. The molecule has 1 aliphatic heterocycles. The van der Waals surface area contributed by atoms with Crippen molar-refractivity contribution in [1.29, 1.82) is 0 Å². The van der Waals surface area contributed by atoms with Crippen molar-refractivity contribution in [2.45, 2.75) is 39.7 Å². The molecule has 0 saturated carbocycles. The number of piperazine rings is 1. The van der Waals surface area contributed by atoms with E-state index < -0.39 is 0 Å². The summed E-state index contributed by atoms with van der Waals surface area (Å²) in [7, 11) is 0. The number of aliphatic imine (C=N–C) groups is 1. The average molecular weight is 385 g/mol.